The molecule has 1 amide bonds. The molecule has 0 bridgehead atoms. The molecule has 0 radical (unpaired) electrons. The van der Waals surface area contributed by atoms with Crippen molar-refractivity contribution in [1.82, 2.24) is 4.90 Å². The summed E-state index contributed by atoms with van der Waals surface area (Å²) in [5, 5.41) is 0. The lowest BCUT2D eigenvalue weighted by molar-refractivity contribution is -0.145. The third kappa shape index (κ3) is 3.69. The molecule has 1 heterocycles. The fourth-order valence-corrected chi connectivity index (χ4v) is 2.72. The zero-order valence-electron chi connectivity index (χ0n) is 11.2. The summed E-state index contributed by atoms with van der Waals surface area (Å²) in [6.45, 7) is 1.40. The van der Waals surface area contributed by atoms with Crippen LogP contribution in [-0.4, -0.2) is 49.7 Å². The monoisotopic (exact) mass is 389 g/mol. The van der Waals surface area contributed by atoms with E-state index >= 15 is 0 Å². The van der Waals surface area contributed by atoms with Gasteiger partial charge in [0.2, 0.25) is 0 Å². The molecule has 0 aliphatic carbocycles. The fourth-order valence-electron chi connectivity index (χ4n) is 2.10. The average Bonchev–Trinajstić information content (AvgIpc) is 2.47. The van der Waals surface area contributed by atoms with Crippen LogP contribution in [0.1, 0.15) is 16.8 Å². The minimum atomic E-state index is -0.321. The lowest BCUT2D eigenvalue weighted by Crippen LogP contribution is -2.46. The number of carbonyl (C=O) groups excluding carboxylic acids is 2. The van der Waals surface area contributed by atoms with Gasteiger partial charge in [-0.15, -0.1) is 0 Å². The molecule has 1 unspecified atom stereocenters. The maximum absolute atomic E-state index is 12.5. The molecule has 2 rings (SSSR count). The van der Waals surface area contributed by atoms with E-state index in [4.69, 9.17) is 4.74 Å². The molecule has 0 spiro atoms. The van der Waals surface area contributed by atoms with Crippen molar-refractivity contribution < 1.29 is 19.1 Å². The first-order chi connectivity index (χ1) is 9.61. The molecule has 6 heteroatoms. The number of rotatable bonds is 3. The minimum absolute atomic E-state index is 0.0202. The van der Waals surface area contributed by atoms with Crippen LogP contribution in [0, 0.1) is 3.57 Å². The number of amides is 1. The van der Waals surface area contributed by atoms with Gasteiger partial charge in [0, 0.05) is 16.7 Å². The fraction of sp³-hybridized carbons (Fsp3) is 0.429. The number of morpholine rings is 1. The maximum Gasteiger partial charge on any atom is 0.308 e. The number of halogens is 1. The molecule has 1 aromatic carbocycles. The van der Waals surface area contributed by atoms with Crippen molar-refractivity contribution in [2.45, 2.75) is 12.5 Å². The van der Waals surface area contributed by atoms with Crippen LogP contribution in [-0.2, 0) is 14.3 Å². The smallest absolute Gasteiger partial charge is 0.308 e. The highest BCUT2D eigenvalue weighted by Gasteiger charge is 2.27. The second-order valence-electron chi connectivity index (χ2n) is 4.50. The van der Waals surface area contributed by atoms with Gasteiger partial charge in [0.1, 0.15) is 0 Å². The van der Waals surface area contributed by atoms with E-state index in [-0.39, 0.29) is 24.4 Å². The summed E-state index contributed by atoms with van der Waals surface area (Å²) in [6, 6.07) is 7.47. The van der Waals surface area contributed by atoms with Gasteiger partial charge in [-0.05, 0) is 34.7 Å². The third-order valence-corrected chi connectivity index (χ3v) is 4.09. The summed E-state index contributed by atoms with van der Waals surface area (Å²) < 4.78 is 11.1. The highest BCUT2D eigenvalue weighted by atomic mass is 127. The molecule has 0 N–H and O–H groups in total. The molecule has 5 nitrogen and oxygen atoms in total. The first-order valence-electron chi connectivity index (χ1n) is 6.34. The van der Waals surface area contributed by atoms with Crippen molar-refractivity contribution in [3.63, 3.8) is 0 Å². The van der Waals surface area contributed by atoms with Crippen LogP contribution in [0.15, 0.2) is 24.3 Å². The van der Waals surface area contributed by atoms with Gasteiger partial charge in [0.25, 0.3) is 5.91 Å². The van der Waals surface area contributed by atoms with Crippen LogP contribution in [0.5, 0.6) is 0 Å². The lowest BCUT2D eigenvalue weighted by Gasteiger charge is -2.32. The van der Waals surface area contributed by atoms with E-state index in [1.165, 1.54) is 7.11 Å². The Morgan fingerprint density at radius 3 is 2.90 bits per heavy atom. The summed E-state index contributed by atoms with van der Waals surface area (Å²) in [5.74, 6) is -0.341. The van der Waals surface area contributed by atoms with Gasteiger partial charge in [-0.3, -0.25) is 9.59 Å². The summed E-state index contributed by atoms with van der Waals surface area (Å²) in [4.78, 5) is 25.5. The molecule has 0 saturated carbocycles. The number of methoxy groups -OCH3 is 1. The number of benzene rings is 1. The first-order valence-corrected chi connectivity index (χ1v) is 7.42. The van der Waals surface area contributed by atoms with E-state index < -0.39 is 0 Å². The van der Waals surface area contributed by atoms with Gasteiger partial charge in [0.15, 0.2) is 0 Å². The maximum atomic E-state index is 12.5. The van der Waals surface area contributed by atoms with Crippen LogP contribution < -0.4 is 0 Å². The van der Waals surface area contributed by atoms with E-state index in [2.05, 4.69) is 27.3 Å². The zero-order valence-corrected chi connectivity index (χ0v) is 13.3. The Morgan fingerprint density at radius 1 is 1.45 bits per heavy atom. The molecular weight excluding hydrogens is 373 g/mol. The molecule has 20 heavy (non-hydrogen) atoms. The van der Waals surface area contributed by atoms with Crippen LogP contribution in [0.25, 0.3) is 0 Å². The molecule has 1 aliphatic rings. The topological polar surface area (TPSA) is 55.8 Å². The van der Waals surface area contributed by atoms with E-state index in [1.807, 2.05) is 24.3 Å². The minimum Gasteiger partial charge on any atom is -0.469 e. The first kappa shape index (κ1) is 15.2. The number of hydrogen-bond donors (Lipinski definition) is 0. The van der Waals surface area contributed by atoms with Gasteiger partial charge < -0.3 is 14.4 Å². The summed E-state index contributed by atoms with van der Waals surface area (Å²) in [7, 11) is 1.35. The van der Waals surface area contributed by atoms with Crippen LogP contribution >= 0.6 is 22.6 Å². The number of hydrogen-bond acceptors (Lipinski definition) is 4. The Kier molecular flexibility index (Phi) is 5.36. The van der Waals surface area contributed by atoms with Gasteiger partial charge in [-0.1, -0.05) is 12.1 Å². The van der Waals surface area contributed by atoms with Gasteiger partial charge in [0.05, 0.1) is 31.8 Å². The van der Waals surface area contributed by atoms with Crippen LogP contribution in [0.4, 0.5) is 0 Å². The average molecular weight is 389 g/mol. The van der Waals surface area contributed by atoms with Gasteiger partial charge in [-0.2, -0.15) is 0 Å². The van der Waals surface area contributed by atoms with Crippen molar-refractivity contribution in [1.29, 1.82) is 0 Å². The second-order valence-corrected chi connectivity index (χ2v) is 5.67. The molecule has 1 atom stereocenters. The number of esters is 1. The van der Waals surface area contributed by atoms with Crippen molar-refractivity contribution in [2.75, 3.05) is 26.8 Å². The van der Waals surface area contributed by atoms with Crippen molar-refractivity contribution in [2.24, 2.45) is 0 Å². The molecule has 1 aromatic rings. The highest BCUT2D eigenvalue weighted by molar-refractivity contribution is 14.1. The van der Waals surface area contributed by atoms with Crippen molar-refractivity contribution in [3.05, 3.63) is 33.4 Å². The molecular formula is C14H16INO4. The quantitative estimate of drug-likeness (QED) is 0.584. The van der Waals surface area contributed by atoms with Gasteiger partial charge in [-0.25, -0.2) is 0 Å². The zero-order chi connectivity index (χ0) is 14.5. The second kappa shape index (κ2) is 7.03. The Labute approximate surface area is 131 Å². The molecule has 1 aliphatic heterocycles. The van der Waals surface area contributed by atoms with E-state index in [0.29, 0.717) is 25.3 Å². The van der Waals surface area contributed by atoms with Crippen LogP contribution in [0.3, 0.4) is 0 Å². The van der Waals surface area contributed by atoms with Gasteiger partial charge >= 0.3 is 5.97 Å². The largest absolute Gasteiger partial charge is 0.469 e. The standard InChI is InChI=1S/C14H16INO4/c1-19-13(17)8-10-9-16(6-7-20-10)14(18)11-4-2-3-5-12(11)15/h2-5,10H,6-9H2,1H3. The Bertz CT molecular complexity index is 506. The van der Waals surface area contributed by atoms with E-state index in [9.17, 15) is 9.59 Å². The van der Waals surface area contributed by atoms with Crippen molar-refractivity contribution in [3.8, 4) is 0 Å². The highest BCUT2D eigenvalue weighted by Crippen LogP contribution is 2.17. The van der Waals surface area contributed by atoms with Crippen LogP contribution in [0.2, 0.25) is 0 Å². The number of carbonyl (C=O) groups is 2. The normalized spacial score (nSPS) is 18.7. The predicted molar refractivity (Wildman–Crippen MR) is 81.4 cm³/mol. The summed E-state index contributed by atoms with van der Waals surface area (Å²) in [5.41, 5.74) is 0.687. The molecule has 108 valence electrons. The Hall–Kier alpha value is -1.15. The molecule has 0 aromatic heterocycles. The van der Waals surface area contributed by atoms with E-state index in [0.717, 1.165) is 3.57 Å². The Morgan fingerprint density at radius 2 is 2.20 bits per heavy atom. The van der Waals surface area contributed by atoms with E-state index in [1.54, 1.807) is 4.90 Å². The summed E-state index contributed by atoms with van der Waals surface area (Å²) in [6.07, 6.45) is -0.117. The number of ether oxygens (including phenoxy) is 2. The van der Waals surface area contributed by atoms with Crippen molar-refractivity contribution >= 4 is 34.5 Å². The third-order valence-electron chi connectivity index (χ3n) is 3.15. The summed E-state index contributed by atoms with van der Waals surface area (Å²) >= 11 is 2.15. The predicted octanol–water partition coefficient (Wildman–Crippen LogP) is 1.70. The number of nitrogens with zero attached hydrogens (tertiary/aromatic N) is 1. The Balaban J connectivity index is 2.03. The molecule has 1 fully saturated rings. The lowest BCUT2D eigenvalue weighted by atomic mass is 10.1. The SMILES string of the molecule is COC(=O)CC1CN(C(=O)c2ccccc2I)CCO1. The molecule has 1 saturated heterocycles.